The quantitative estimate of drug-likeness (QED) is 0.166. The molecule has 0 amide bonds. The first-order valence-electron chi connectivity index (χ1n) is 13.8. The SMILES string of the molecule is CO[C@@H]1[C@@H](OC(=O)c2ccccc2)[C@@H](CO[Si](c2ccccc2)(c2ccccc2)C(C)(C)C)O[C@@H](CBr)C1(C)C. The molecule has 0 unspecified atom stereocenters. The number of halogens is 1. The average Bonchev–Trinajstić information content (AvgIpc) is 2.95. The van der Waals surface area contributed by atoms with Crippen molar-refractivity contribution < 1.29 is 23.4 Å². The second-order valence-electron chi connectivity index (χ2n) is 12.0. The van der Waals surface area contributed by atoms with E-state index in [4.69, 9.17) is 18.6 Å². The van der Waals surface area contributed by atoms with Crippen LogP contribution in [0.15, 0.2) is 91.0 Å². The Morgan fingerprint density at radius 2 is 1.40 bits per heavy atom. The second kappa shape index (κ2) is 12.7. The first kappa shape index (κ1) is 30.7. The highest BCUT2D eigenvalue weighted by atomic mass is 79.9. The summed E-state index contributed by atoms with van der Waals surface area (Å²) < 4.78 is 26.2. The maximum absolute atomic E-state index is 13.3. The monoisotopic (exact) mass is 624 g/mol. The molecule has 1 saturated heterocycles. The van der Waals surface area contributed by atoms with Crippen molar-refractivity contribution in [3.8, 4) is 0 Å². The van der Waals surface area contributed by atoms with E-state index in [1.54, 1.807) is 19.2 Å². The molecule has 0 radical (unpaired) electrons. The maximum Gasteiger partial charge on any atom is 0.338 e. The zero-order chi connectivity index (χ0) is 29.0. The molecule has 0 aliphatic carbocycles. The Balaban J connectivity index is 1.76. The van der Waals surface area contributed by atoms with Gasteiger partial charge in [0, 0.05) is 17.9 Å². The van der Waals surface area contributed by atoms with Crippen molar-refractivity contribution in [1.29, 1.82) is 0 Å². The summed E-state index contributed by atoms with van der Waals surface area (Å²) in [5.74, 6) is -0.403. The van der Waals surface area contributed by atoms with Gasteiger partial charge in [0.2, 0.25) is 0 Å². The molecule has 3 aromatic rings. The summed E-state index contributed by atoms with van der Waals surface area (Å²) in [6, 6.07) is 30.1. The fourth-order valence-corrected chi connectivity index (χ4v) is 11.5. The van der Waals surface area contributed by atoms with Gasteiger partial charge in [0.1, 0.15) is 12.2 Å². The van der Waals surface area contributed by atoms with E-state index in [9.17, 15) is 4.79 Å². The molecule has 4 atom stereocenters. The van der Waals surface area contributed by atoms with Gasteiger partial charge in [-0.1, -0.05) is 129 Å². The van der Waals surface area contributed by atoms with Crippen LogP contribution in [0.4, 0.5) is 0 Å². The lowest BCUT2D eigenvalue weighted by Gasteiger charge is -2.51. The summed E-state index contributed by atoms with van der Waals surface area (Å²) in [5, 5.41) is 2.79. The summed E-state index contributed by atoms with van der Waals surface area (Å²) >= 11 is 3.65. The Hall–Kier alpha value is -2.29. The highest BCUT2D eigenvalue weighted by molar-refractivity contribution is 9.09. The molecule has 7 heteroatoms. The molecule has 5 nitrogen and oxygen atoms in total. The van der Waals surface area contributed by atoms with Crippen LogP contribution in [0.25, 0.3) is 0 Å². The zero-order valence-electron chi connectivity index (χ0n) is 24.3. The van der Waals surface area contributed by atoms with Gasteiger partial charge in [-0.3, -0.25) is 0 Å². The fourth-order valence-electron chi connectivity index (χ4n) is 5.94. The van der Waals surface area contributed by atoms with Gasteiger partial charge in [-0.15, -0.1) is 0 Å². The van der Waals surface area contributed by atoms with Gasteiger partial charge in [0.15, 0.2) is 6.10 Å². The summed E-state index contributed by atoms with van der Waals surface area (Å²) in [6.07, 6.45) is -1.77. The normalized spacial score (nSPS) is 23.0. The molecule has 0 spiro atoms. The van der Waals surface area contributed by atoms with Crippen LogP contribution in [0.2, 0.25) is 5.04 Å². The lowest BCUT2D eigenvalue weighted by Crippen LogP contribution is -2.68. The number of carbonyl (C=O) groups excluding carboxylic acids is 1. The van der Waals surface area contributed by atoms with Crippen LogP contribution in [0, 0.1) is 5.41 Å². The number of rotatable bonds is 9. The third-order valence-electron chi connectivity index (χ3n) is 8.09. The van der Waals surface area contributed by atoms with E-state index in [0.717, 1.165) is 0 Å². The standard InChI is InChI=1S/C33H41BrO5Si/c1-32(2,3)40(25-18-12-8-13-19-25,26-20-14-9-15-21-26)37-23-27-29(39-31(35)24-16-10-7-11-17-24)30(36-6)33(4,5)28(22-34)38-27/h7-21,27-30H,22-23H2,1-6H3/t27-,28+,29+,30-/m1/s1. The maximum atomic E-state index is 13.3. The Kier molecular flexibility index (Phi) is 9.73. The van der Waals surface area contributed by atoms with E-state index in [0.29, 0.717) is 10.9 Å². The topological polar surface area (TPSA) is 54.0 Å². The van der Waals surface area contributed by atoms with Crippen LogP contribution in [0.1, 0.15) is 45.0 Å². The largest absolute Gasteiger partial charge is 0.453 e. The third kappa shape index (κ3) is 5.99. The molecule has 1 fully saturated rings. The van der Waals surface area contributed by atoms with Crippen molar-refractivity contribution in [1.82, 2.24) is 0 Å². The Labute approximate surface area is 248 Å². The predicted molar refractivity (Wildman–Crippen MR) is 166 cm³/mol. The molecule has 0 saturated carbocycles. The van der Waals surface area contributed by atoms with Crippen LogP contribution < -0.4 is 10.4 Å². The number of methoxy groups -OCH3 is 1. The van der Waals surface area contributed by atoms with Crippen molar-refractivity contribution in [2.75, 3.05) is 19.0 Å². The number of carbonyl (C=O) groups is 1. The number of benzene rings is 3. The first-order valence-corrected chi connectivity index (χ1v) is 16.8. The average molecular weight is 626 g/mol. The van der Waals surface area contributed by atoms with Crippen molar-refractivity contribution in [2.24, 2.45) is 5.41 Å². The lowest BCUT2D eigenvalue weighted by molar-refractivity contribution is -0.236. The van der Waals surface area contributed by atoms with Gasteiger partial charge in [-0.25, -0.2) is 4.79 Å². The summed E-state index contributed by atoms with van der Waals surface area (Å²) in [6.45, 7) is 11.2. The molecule has 40 heavy (non-hydrogen) atoms. The molecule has 4 rings (SSSR count). The summed E-state index contributed by atoms with van der Waals surface area (Å²) in [4.78, 5) is 13.3. The van der Waals surface area contributed by atoms with Gasteiger partial charge in [0.25, 0.3) is 8.32 Å². The van der Waals surface area contributed by atoms with Gasteiger partial charge in [-0.2, -0.15) is 0 Å². The minimum Gasteiger partial charge on any atom is -0.453 e. The van der Waals surface area contributed by atoms with E-state index in [1.807, 2.05) is 30.3 Å². The Morgan fingerprint density at radius 3 is 1.85 bits per heavy atom. The highest BCUT2D eigenvalue weighted by Gasteiger charge is 2.55. The Bertz CT molecular complexity index is 1190. The van der Waals surface area contributed by atoms with Crippen LogP contribution >= 0.6 is 15.9 Å². The molecule has 0 N–H and O–H groups in total. The zero-order valence-corrected chi connectivity index (χ0v) is 26.9. The third-order valence-corrected chi connectivity index (χ3v) is 13.7. The van der Waals surface area contributed by atoms with Crippen LogP contribution in [0.3, 0.4) is 0 Å². The lowest BCUT2D eigenvalue weighted by atomic mass is 9.75. The van der Waals surface area contributed by atoms with Crippen LogP contribution in [-0.4, -0.2) is 57.7 Å². The number of esters is 1. The molecule has 3 aromatic carbocycles. The summed E-state index contributed by atoms with van der Waals surface area (Å²) in [5.41, 5.74) is 0.0674. The van der Waals surface area contributed by atoms with Gasteiger partial charge < -0.3 is 18.6 Å². The molecule has 1 heterocycles. The van der Waals surface area contributed by atoms with Crippen molar-refractivity contribution >= 4 is 40.6 Å². The highest BCUT2D eigenvalue weighted by Crippen LogP contribution is 2.42. The fraction of sp³-hybridized carbons (Fsp3) is 0.424. The second-order valence-corrected chi connectivity index (χ2v) is 17.0. The van der Waals surface area contributed by atoms with Crippen molar-refractivity contribution in [3.05, 3.63) is 96.6 Å². The van der Waals surface area contributed by atoms with Gasteiger partial charge in [-0.05, 0) is 27.5 Å². The summed E-state index contributed by atoms with van der Waals surface area (Å²) in [7, 11) is -1.17. The molecular formula is C33H41BrO5Si. The molecule has 214 valence electrons. The van der Waals surface area contributed by atoms with Crippen molar-refractivity contribution in [3.63, 3.8) is 0 Å². The Morgan fingerprint density at radius 1 is 0.900 bits per heavy atom. The van der Waals surface area contributed by atoms with E-state index in [2.05, 4.69) is 99.1 Å². The number of hydrogen-bond donors (Lipinski definition) is 0. The van der Waals surface area contributed by atoms with Gasteiger partial charge >= 0.3 is 5.97 Å². The van der Waals surface area contributed by atoms with Gasteiger partial charge in [0.05, 0.1) is 18.3 Å². The first-order chi connectivity index (χ1) is 19.1. The molecule has 1 aliphatic heterocycles. The molecule has 0 aromatic heterocycles. The minimum absolute atomic E-state index is 0.170. The number of hydrogen-bond acceptors (Lipinski definition) is 5. The van der Waals surface area contributed by atoms with Crippen LogP contribution in [0.5, 0.6) is 0 Å². The molecular weight excluding hydrogens is 584 g/mol. The predicted octanol–water partition coefficient (Wildman–Crippen LogP) is 5.99. The minimum atomic E-state index is -2.84. The smallest absolute Gasteiger partial charge is 0.338 e. The number of alkyl halides is 1. The van der Waals surface area contributed by atoms with E-state index < -0.39 is 38.0 Å². The molecule has 0 bridgehead atoms. The van der Waals surface area contributed by atoms with E-state index >= 15 is 0 Å². The van der Waals surface area contributed by atoms with E-state index in [-0.39, 0.29) is 17.7 Å². The molecule has 1 aliphatic rings. The van der Waals surface area contributed by atoms with Crippen molar-refractivity contribution in [2.45, 2.75) is 64.1 Å². The van der Waals surface area contributed by atoms with Crippen LogP contribution in [-0.2, 0) is 18.6 Å². The number of ether oxygens (including phenoxy) is 3. The van der Waals surface area contributed by atoms with E-state index in [1.165, 1.54) is 10.4 Å².